The van der Waals surface area contributed by atoms with E-state index in [-0.39, 0.29) is 0 Å². The number of morpholine rings is 1. The molecule has 1 aliphatic heterocycles. The zero-order valence-electron chi connectivity index (χ0n) is 8.08. The number of aliphatic hydroxyl groups excluding tert-OH is 1. The standard InChI is InChI=1S/C9H18ClNO2/c1-2-9-7-11(3-4-13-9)6-8(12)5-10/h8-9,12H,2-7H2,1H3. The highest BCUT2D eigenvalue weighted by molar-refractivity contribution is 6.18. The highest BCUT2D eigenvalue weighted by atomic mass is 35.5. The van der Waals surface area contributed by atoms with Crippen molar-refractivity contribution in [2.24, 2.45) is 0 Å². The monoisotopic (exact) mass is 207 g/mol. The van der Waals surface area contributed by atoms with Gasteiger partial charge in [0, 0.05) is 25.5 Å². The number of ether oxygens (including phenoxy) is 1. The molecule has 1 N–H and O–H groups in total. The van der Waals surface area contributed by atoms with E-state index in [1.54, 1.807) is 0 Å². The third kappa shape index (κ3) is 3.81. The quantitative estimate of drug-likeness (QED) is 0.689. The smallest absolute Gasteiger partial charge is 0.0802 e. The summed E-state index contributed by atoms with van der Waals surface area (Å²) in [4.78, 5) is 2.21. The summed E-state index contributed by atoms with van der Waals surface area (Å²) in [5, 5.41) is 9.35. The molecule has 0 aliphatic carbocycles. The van der Waals surface area contributed by atoms with Crippen LogP contribution in [0.4, 0.5) is 0 Å². The minimum absolute atomic E-state index is 0.314. The number of halogens is 1. The highest BCUT2D eigenvalue weighted by Crippen LogP contribution is 2.08. The van der Waals surface area contributed by atoms with Crippen molar-refractivity contribution in [3.05, 3.63) is 0 Å². The lowest BCUT2D eigenvalue weighted by Gasteiger charge is -2.33. The lowest BCUT2D eigenvalue weighted by Crippen LogP contribution is -2.45. The fraction of sp³-hybridized carbons (Fsp3) is 1.00. The van der Waals surface area contributed by atoms with Crippen molar-refractivity contribution in [1.29, 1.82) is 0 Å². The van der Waals surface area contributed by atoms with Crippen LogP contribution < -0.4 is 0 Å². The van der Waals surface area contributed by atoms with Crippen LogP contribution in [-0.2, 0) is 4.74 Å². The van der Waals surface area contributed by atoms with Crippen LogP contribution in [0.3, 0.4) is 0 Å². The van der Waals surface area contributed by atoms with Crippen LogP contribution in [0.1, 0.15) is 13.3 Å². The molecule has 2 atom stereocenters. The first-order valence-electron chi connectivity index (χ1n) is 4.84. The molecule has 1 rings (SSSR count). The number of alkyl halides is 1. The molecule has 0 radical (unpaired) electrons. The number of β-amino-alcohol motifs (C(OH)–C–C–N with tert-alkyl or cyclic N) is 1. The maximum atomic E-state index is 9.35. The maximum absolute atomic E-state index is 9.35. The fourth-order valence-electron chi connectivity index (χ4n) is 1.54. The van der Waals surface area contributed by atoms with Crippen molar-refractivity contribution in [1.82, 2.24) is 4.90 Å². The Kier molecular flexibility index (Phi) is 5.02. The first-order valence-corrected chi connectivity index (χ1v) is 5.37. The van der Waals surface area contributed by atoms with Crippen LogP contribution in [0.2, 0.25) is 0 Å². The van der Waals surface area contributed by atoms with Crippen LogP contribution in [0.25, 0.3) is 0 Å². The Morgan fingerprint density at radius 2 is 2.46 bits per heavy atom. The third-order valence-corrected chi connectivity index (χ3v) is 2.68. The molecule has 0 spiro atoms. The van der Waals surface area contributed by atoms with E-state index in [4.69, 9.17) is 16.3 Å². The van der Waals surface area contributed by atoms with Crippen molar-refractivity contribution in [2.45, 2.75) is 25.6 Å². The lowest BCUT2D eigenvalue weighted by atomic mass is 10.2. The second-order valence-corrected chi connectivity index (χ2v) is 3.78. The van der Waals surface area contributed by atoms with Gasteiger partial charge in [-0.1, -0.05) is 6.92 Å². The van der Waals surface area contributed by atoms with E-state index in [9.17, 15) is 5.11 Å². The van der Waals surface area contributed by atoms with Gasteiger partial charge in [0.2, 0.25) is 0 Å². The van der Waals surface area contributed by atoms with Gasteiger partial charge in [0.05, 0.1) is 18.8 Å². The molecule has 0 bridgehead atoms. The minimum Gasteiger partial charge on any atom is -0.391 e. The molecule has 4 heteroatoms. The third-order valence-electron chi connectivity index (χ3n) is 2.33. The summed E-state index contributed by atoms with van der Waals surface area (Å²) in [5.41, 5.74) is 0. The molecule has 0 aromatic carbocycles. The van der Waals surface area contributed by atoms with Crippen LogP contribution >= 0.6 is 11.6 Å². The van der Waals surface area contributed by atoms with Gasteiger partial charge in [-0.2, -0.15) is 0 Å². The molecular formula is C9H18ClNO2. The first kappa shape index (κ1) is 11.2. The van der Waals surface area contributed by atoms with E-state index in [0.717, 1.165) is 26.1 Å². The van der Waals surface area contributed by atoms with Crippen LogP contribution in [0, 0.1) is 0 Å². The molecule has 1 saturated heterocycles. The predicted octanol–water partition coefficient (Wildman–Crippen LogP) is 0.697. The average molecular weight is 208 g/mol. The van der Waals surface area contributed by atoms with Gasteiger partial charge in [-0.3, -0.25) is 4.90 Å². The molecule has 1 aliphatic rings. The molecule has 0 aromatic rings. The largest absolute Gasteiger partial charge is 0.391 e. The van der Waals surface area contributed by atoms with Crippen molar-refractivity contribution >= 4 is 11.6 Å². The summed E-state index contributed by atoms with van der Waals surface area (Å²) in [6.07, 6.45) is 0.960. The molecule has 3 nitrogen and oxygen atoms in total. The molecule has 1 fully saturated rings. The first-order chi connectivity index (χ1) is 6.26. The van der Waals surface area contributed by atoms with E-state index >= 15 is 0 Å². The van der Waals surface area contributed by atoms with Gasteiger partial charge in [0.15, 0.2) is 0 Å². The predicted molar refractivity (Wildman–Crippen MR) is 53.2 cm³/mol. The molecule has 13 heavy (non-hydrogen) atoms. The number of nitrogens with zero attached hydrogens (tertiary/aromatic N) is 1. The average Bonchev–Trinajstić information content (AvgIpc) is 2.18. The van der Waals surface area contributed by atoms with E-state index in [0.29, 0.717) is 18.5 Å². The molecule has 0 aromatic heterocycles. The van der Waals surface area contributed by atoms with Crippen LogP contribution in [0.5, 0.6) is 0 Å². The van der Waals surface area contributed by atoms with E-state index < -0.39 is 6.10 Å². The second-order valence-electron chi connectivity index (χ2n) is 3.47. The topological polar surface area (TPSA) is 32.7 Å². The van der Waals surface area contributed by atoms with E-state index in [2.05, 4.69) is 11.8 Å². The zero-order chi connectivity index (χ0) is 9.68. The Morgan fingerprint density at radius 3 is 3.08 bits per heavy atom. The van der Waals surface area contributed by atoms with Gasteiger partial charge in [-0.05, 0) is 6.42 Å². The number of rotatable bonds is 4. The number of hydrogen-bond acceptors (Lipinski definition) is 3. The van der Waals surface area contributed by atoms with Gasteiger partial charge in [-0.15, -0.1) is 11.6 Å². The Balaban J connectivity index is 2.25. The van der Waals surface area contributed by atoms with Crippen molar-refractivity contribution in [3.8, 4) is 0 Å². The van der Waals surface area contributed by atoms with Crippen LogP contribution in [0.15, 0.2) is 0 Å². The Morgan fingerprint density at radius 1 is 1.69 bits per heavy atom. The molecule has 0 saturated carbocycles. The summed E-state index contributed by atoms with van der Waals surface area (Å²) < 4.78 is 5.52. The Hall–Kier alpha value is 0.170. The van der Waals surface area contributed by atoms with Crippen LogP contribution in [-0.4, -0.2) is 54.3 Å². The second kappa shape index (κ2) is 5.81. The molecule has 1 heterocycles. The number of aliphatic hydroxyl groups is 1. The van der Waals surface area contributed by atoms with Crippen molar-refractivity contribution < 1.29 is 9.84 Å². The van der Waals surface area contributed by atoms with Gasteiger partial charge >= 0.3 is 0 Å². The lowest BCUT2D eigenvalue weighted by molar-refractivity contribution is -0.0395. The van der Waals surface area contributed by atoms with Crippen molar-refractivity contribution in [3.63, 3.8) is 0 Å². The van der Waals surface area contributed by atoms with E-state index in [1.165, 1.54) is 0 Å². The maximum Gasteiger partial charge on any atom is 0.0802 e. The Labute approximate surface area is 84.6 Å². The van der Waals surface area contributed by atoms with Gasteiger partial charge in [0.25, 0.3) is 0 Å². The number of hydrogen-bond donors (Lipinski definition) is 1. The van der Waals surface area contributed by atoms with Gasteiger partial charge in [0.1, 0.15) is 0 Å². The SMILES string of the molecule is CCC1CN(CC(O)CCl)CCO1. The molecule has 2 unspecified atom stereocenters. The molecule has 78 valence electrons. The highest BCUT2D eigenvalue weighted by Gasteiger charge is 2.20. The van der Waals surface area contributed by atoms with E-state index in [1.807, 2.05) is 0 Å². The fourth-order valence-corrected chi connectivity index (χ4v) is 1.64. The zero-order valence-corrected chi connectivity index (χ0v) is 8.83. The summed E-state index contributed by atoms with van der Waals surface area (Å²) in [5.74, 6) is 0.314. The molecule has 0 amide bonds. The van der Waals surface area contributed by atoms with Crippen molar-refractivity contribution in [2.75, 3.05) is 32.1 Å². The summed E-state index contributed by atoms with van der Waals surface area (Å²) in [6.45, 7) is 5.39. The van der Waals surface area contributed by atoms with Gasteiger partial charge in [-0.25, -0.2) is 0 Å². The normalized spacial score (nSPS) is 27.5. The summed E-state index contributed by atoms with van der Waals surface area (Å²) >= 11 is 5.53. The summed E-state index contributed by atoms with van der Waals surface area (Å²) in [6, 6.07) is 0. The minimum atomic E-state index is -0.405. The van der Waals surface area contributed by atoms with Gasteiger partial charge < -0.3 is 9.84 Å². The Bertz CT molecular complexity index is 144. The summed E-state index contributed by atoms with van der Waals surface area (Å²) in [7, 11) is 0. The molecular weight excluding hydrogens is 190 g/mol.